The third-order valence-electron chi connectivity index (χ3n) is 7.20. The number of aryl methyl sites for hydroxylation is 1. The highest BCUT2D eigenvalue weighted by Crippen LogP contribution is 2.54. The molecule has 162 valence electrons. The average molecular weight is 428 g/mol. The molecule has 1 fully saturated rings. The molecule has 0 unspecified atom stereocenters. The van der Waals surface area contributed by atoms with Crippen LogP contribution in [-0.2, 0) is 23.7 Å². The SMILES string of the molecule is CN1CCc2ccc(C(=O)N3CC[C@]4(C(=O)Nc5ccccc54)[C@@H]3c3nccn3C)nc21. The second-order valence-corrected chi connectivity index (χ2v) is 8.87. The van der Waals surface area contributed by atoms with E-state index in [9.17, 15) is 9.59 Å². The van der Waals surface area contributed by atoms with E-state index in [-0.39, 0.29) is 11.8 Å². The average Bonchev–Trinajstić information content (AvgIpc) is 3.55. The first-order chi connectivity index (χ1) is 15.5. The minimum absolute atomic E-state index is 0.0800. The van der Waals surface area contributed by atoms with Crippen LogP contribution in [0.5, 0.6) is 0 Å². The molecule has 1 N–H and O–H groups in total. The molecular weight excluding hydrogens is 404 g/mol. The number of rotatable bonds is 2. The highest BCUT2D eigenvalue weighted by molar-refractivity contribution is 6.08. The Labute approximate surface area is 185 Å². The molecule has 1 saturated heterocycles. The van der Waals surface area contributed by atoms with E-state index >= 15 is 0 Å². The van der Waals surface area contributed by atoms with Gasteiger partial charge in [0.2, 0.25) is 5.91 Å². The number of carbonyl (C=O) groups excluding carboxylic acids is 2. The monoisotopic (exact) mass is 428 g/mol. The van der Waals surface area contributed by atoms with E-state index in [1.165, 1.54) is 0 Å². The minimum atomic E-state index is -0.876. The van der Waals surface area contributed by atoms with Crippen molar-refractivity contribution in [1.82, 2.24) is 19.4 Å². The fourth-order valence-corrected chi connectivity index (χ4v) is 5.57. The summed E-state index contributed by atoms with van der Waals surface area (Å²) in [6.45, 7) is 1.35. The number of hydrogen-bond donors (Lipinski definition) is 1. The molecule has 2 amide bonds. The molecule has 3 aliphatic heterocycles. The van der Waals surface area contributed by atoms with Crippen molar-refractivity contribution in [3.63, 3.8) is 0 Å². The van der Waals surface area contributed by atoms with Gasteiger partial charge in [0, 0.05) is 45.3 Å². The maximum absolute atomic E-state index is 13.8. The number of aromatic nitrogens is 3. The zero-order chi connectivity index (χ0) is 22.0. The van der Waals surface area contributed by atoms with Crippen molar-refractivity contribution in [2.45, 2.75) is 24.3 Å². The lowest BCUT2D eigenvalue weighted by atomic mass is 9.74. The second kappa shape index (κ2) is 6.66. The smallest absolute Gasteiger partial charge is 0.273 e. The van der Waals surface area contributed by atoms with Crippen LogP contribution in [0.15, 0.2) is 48.8 Å². The number of anilines is 2. The van der Waals surface area contributed by atoms with Gasteiger partial charge in [-0.2, -0.15) is 0 Å². The van der Waals surface area contributed by atoms with E-state index in [4.69, 9.17) is 4.98 Å². The van der Waals surface area contributed by atoms with E-state index < -0.39 is 11.5 Å². The van der Waals surface area contributed by atoms with Gasteiger partial charge < -0.3 is 19.7 Å². The van der Waals surface area contributed by atoms with Crippen molar-refractivity contribution >= 4 is 23.3 Å². The quantitative estimate of drug-likeness (QED) is 0.677. The Morgan fingerprint density at radius 3 is 2.81 bits per heavy atom. The summed E-state index contributed by atoms with van der Waals surface area (Å²) in [6, 6.07) is 11.0. The Kier molecular flexibility index (Phi) is 3.96. The number of carbonyl (C=O) groups is 2. The van der Waals surface area contributed by atoms with Crippen LogP contribution in [0, 0.1) is 0 Å². The lowest BCUT2D eigenvalue weighted by molar-refractivity contribution is -0.121. The lowest BCUT2D eigenvalue weighted by Crippen LogP contribution is -2.44. The van der Waals surface area contributed by atoms with Crippen molar-refractivity contribution in [1.29, 1.82) is 0 Å². The lowest BCUT2D eigenvalue weighted by Gasteiger charge is -2.33. The predicted molar refractivity (Wildman–Crippen MR) is 120 cm³/mol. The first-order valence-corrected chi connectivity index (χ1v) is 10.9. The predicted octanol–water partition coefficient (Wildman–Crippen LogP) is 2.28. The molecule has 8 heteroatoms. The minimum Gasteiger partial charge on any atom is -0.359 e. The van der Waals surface area contributed by atoms with Gasteiger partial charge >= 0.3 is 0 Å². The third kappa shape index (κ3) is 2.43. The summed E-state index contributed by atoms with van der Waals surface area (Å²) in [6.07, 6.45) is 5.04. The van der Waals surface area contributed by atoms with E-state index in [2.05, 4.69) is 15.2 Å². The van der Waals surface area contributed by atoms with Gasteiger partial charge in [-0.05, 0) is 36.1 Å². The summed E-state index contributed by atoms with van der Waals surface area (Å²) in [5.74, 6) is 1.31. The molecule has 1 spiro atoms. The van der Waals surface area contributed by atoms with E-state index in [0.29, 0.717) is 24.5 Å². The number of fused-ring (bicyclic) bond motifs is 3. The molecule has 2 atom stereocenters. The van der Waals surface area contributed by atoms with Crippen LogP contribution >= 0.6 is 0 Å². The number of likely N-dealkylation sites (N-methyl/N-ethyl adjacent to an activating group) is 1. The Balaban J connectivity index is 1.48. The number of hydrogen-bond acceptors (Lipinski definition) is 5. The summed E-state index contributed by atoms with van der Waals surface area (Å²) in [5, 5.41) is 3.04. The summed E-state index contributed by atoms with van der Waals surface area (Å²) < 4.78 is 1.90. The number of likely N-dealkylation sites (tertiary alicyclic amines) is 1. The van der Waals surface area contributed by atoms with E-state index in [0.717, 1.165) is 35.6 Å². The molecule has 5 heterocycles. The Morgan fingerprint density at radius 2 is 2.00 bits per heavy atom. The number of imidazole rings is 1. The molecule has 32 heavy (non-hydrogen) atoms. The number of nitrogens with one attached hydrogen (secondary N) is 1. The van der Waals surface area contributed by atoms with Crippen molar-refractivity contribution in [3.05, 3.63) is 71.4 Å². The molecule has 6 rings (SSSR count). The molecule has 2 aromatic heterocycles. The zero-order valence-corrected chi connectivity index (χ0v) is 18.1. The summed E-state index contributed by atoms with van der Waals surface area (Å²) in [7, 11) is 3.90. The molecule has 1 aromatic carbocycles. The Morgan fingerprint density at radius 1 is 1.16 bits per heavy atom. The Hall–Kier alpha value is -3.68. The van der Waals surface area contributed by atoms with Gasteiger partial charge in [0.05, 0.1) is 0 Å². The summed E-state index contributed by atoms with van der Waals surface area (Å²) >= 11 is 0. The first-order valence-electron chi connectivity index (χ1n) is 10.9. The zero-order valence-electron chi connectivity index (χ0n) is 18.1. The van der Waals surface area contributed by atoms with Crippen LogP contribution in [0.2, 0.25) is 0 Å². The van der Waals surface area contributed by atoms with Gasteiger partial charge in [0.25, 0.3) is 5.91 Å². The number of para-hydroxylation sites is 1. The van der Waals surface area contributed by atoms with Crippen LogP contribution in [0.4, 0.5) is 11.5 Å². The number of nitrogens with zero attached hydrogens (tertiary/aromatic N) is 5. The normalized spacial score (nSPS) is 23.6. The number of amides is 2. The third-order valence-corrected chi connectivity index (χ3v) is 7.20. The van der Waals surface area contributed by atoms with Gasteiger partial charge in [-0.25, -0.2) is 9.97 Å². The summed E-state index contributed by atoms with van der Waals surface area (Å²) in [4.78, 5) is 40.4. The largest absolute Gasteiger partial charge is 0.359 e. The summed E-state index contributed by atoms with van der Waals surface area (Å²) in [5.41, 5.74) is 2.42. The Bertz CT molecular complexity index is 1270. The molecule has 0 radical (unpaired) electrons. The molecule has 0 bridgehead atoms. The van der Waals surface area contributed by atoms with Crippen molar-refractivity contribution < 1.29 is 9.59 Å². The number of benzene rings is 1. The van der Waals surface area contributed by atoms with E-state index in [1.54, 1.807) is 11.1 Å². The van der Waals surface area contributed by atoms with Crippen LogP contribution < -0.4 is 10.2 Å². The van der Waals surface area contributed by atoms with Crippen molar-refractivity contribution in [3.8, 4) is 0 Å². The number of pyridine rings is 1. The first kappa shape index (κ1) is 19.0. The molecule has 0 saturated carbocycles. The highest BCUT2D eigenvalue weighted by Gasteiger charge is 2.60. The maximum atomic E-state index is 13.8. The van der Waals surface area contributed by atoms with Gasteiger partial charge in [-0.15, -0.1) is 0 Å². The maximum Gasteiger partial charge on any atom is 0.273 e. The van der Waals surface area contributed by atoms with Crippen molar-refractivity contribution in [2.75, 3.05) is 30.4 Å². The highest BCUT2D eigenvalue weighted by atomic mass is 16.2. The molecule has 0 aliphatic carbocycles. The van der Waals surface area contributed by atoms with Gasteiger partial charge in [0.1, 0.15) is 28.8 Å². The van der Waals surface area contributed by atoms with Gasteiger partial charge in [-0.1, -0.05) is 24.3 Å². The van der Waals surface area contributed by atoms with Crippen LogP contribution in [0.25, 0.3) is 0 Å². The topological polar surface area (TPSA) is 83.4 Å². The fraction of sp³-hybridized carbons (Fsp3) is 0.333. The van der Waals surface area contributed by atoms with Gasteiger partial charge in [0.15, 0.2) is 0 Å². The fourth-order valence-electron chi connectivity index (χ4n) is 5.57. The molecule has 8 nitrogen and oxygen atoms in total. The standard InChI is InChI=1S/C24H24N6O2/c1-28-12-9-15-7-8-18(26-20(15)28)22(31)30-13-10-24(19(30)21-25-11-14-29(21)2)16-5-3-4-6-17(16)27-23(24)32/h3-8,11,14,19H,9-10,12-13H2,1-2H3,(H,27,32)/t19-,24+/m0/s1. The molecule has 3 aliphatic rings. The molecular formula is C24H24N6O2. The van der Waals surface area contributed by atoms with Gasteiger partial charge in [-0.3, -0.25) is 9.59 Å². The van der Waals surface area contributed by atoms with E-state index in [1.807, 2.05) is 61.3 Å². The van der Waals surface area contributed by atoms with Crippen molar-refractivity contribution in [2.24, 2.45) is 7.05 Å². The van der Waals surface area contributed by atoms with Crippen LogP contribution in [0.1, 0.15) is 39.9 Å². The van der Waals surface area contributed by atoms with Crippen LogP contribution in [-0.4, -0.2) is 51.4 Å². The van der Waals surface area contributed by atoms with Crippen LogP contribution in [0.3, 0.4) is 0 Å². The molecule has 3 aromatic rings. The second-order valence-electron chi connectivity index (χ2n) is 8.87.